The zero-order chi connectivity index (χ0) is 12.4. The normalized spacial score (nSPS) is 13.6. The summed E-state index contributed by atoms with van der Waals surface area (Å²) in [6.45, 7) is 5.54. The number of rotatable bonds is 4. The molecule has 2 heterocycles. The number of anilines is 1. The van der Waals surface area contributed by atoms with Crippen LogP contribution in [-0.2, 0) is 31.0 Å². The van der Waals surface area contributed by atoms with Crippen LogP contribution < -0.4 is 5.32 Å². The first kappa shape index (κ1) is 11.4. The Morgan fingerprint density at radius 3 is 3.00 bits per heavy atom. The zero-order valence-electron chi connectivity index (χ0n) is 10.6. The van der Waals surface area contributed by atoms with Gasteiger partial charge in [0, 0.05) is 24.1 Å². The zero-order valence-corrected chi connectivity index (χ0v) is 10.6. The lowest BCUT2D eigenvalue weighted by Gasteiger charge is -2.10. The Morgan fingerprint density at radius 2 is 2.11 bits per heavy atom. The highest BCUT2D eigenvalue weighted by Gasteiger charge is 2.11. The van der Waals surface area contributed by atoms with Crippen LogP contribution in [0.5, 0.6) is 0 Å². The van der Waals surface area contributed by atoms with Crippen molar-refractivity contribution in [3.8, 4) is 0 Å². The quantitative estimate of drug-likeness (QED) is 0.891. The van der Waals surface area contributed by atoms with Gasteiger partial charge in [0.2, 0.25) is 0 Å². The standard InChI is InChI=1S/C15H18N2O/c1-2-17-7-3-4-15(17)9-16-14-6-5-12-10-18-11-13(12)8-14/h3-8,16H,2,9-11H2,1H3. The molecule has 0 fully saturated rings. The average molecular weight is 242 g/mol. The van der Waals surface area contributed by atoms with Crippen LogP contribution in [0.1, 0.15) is 23.7 Å². The van der Waals surface area contributed by atoms with Gasteiger partial charge in [-0.15, -0.1) is 0 Å². The Balaban J connectivity index is 1.70. The molecule has 0 aliphatic carbocycles. The molecule has 3 rings (SSSR count). The molecule has 0 saturated carbocycles. The second-order valence-corrected chi connectivity index (χ2v) is 4.62. The maximum Gasteiger partial charge on any atom is 0.0725 e. The molecule has 3 nitrogen and oxygen atoms in total. The van der Waals surface area contributed by atoms with E-state index in [4.69, 9.17) is 4.74 Å². The summed E-state index contributed by atoms with van der Waals surface area (Å²) in [4.78, 5) is 0. The van der Waals surface area contributed by atoms with E-state index in [-0.39, 0.29) is 0 Å². The van der Waals surface area contributed by atoms with Gasteiger partial charge < -0.3 is 14.6 Å². The summed E-state index contributed by atoms with van der Waals surface area (Å²) < 4.78 is 7.68. The molecule has 2 aromatic rings. The van der Waals surface area contributed by atoms with Crippen molar-refractivity contribution in [3.63, 3.8) is 0 Å². The Hall–Kier alpha value is -1.74. The third-order valence-corrected chi connectivity index (χ3v) is 3.46. The summed E-state index contributed by atoms with van der Waals surface area (Å²) in [5, 5.41) is 3.48. The van der Waals surface area contributed by atoms with E-state index in [1.807, 2.05) is 0 Å². The van der Waals surface area contributed by atoms with Gasteiger partial charge in [0.05, 0.1) is 19.8 Å². The molecular formula is C15H18N2O. The number of hydrogen-bond acceptors (Lipinski definition) is 2. The molecule has 3 heteroatoms. The fourth-order valence-electron chi connectivity index (χ4n) is 2.39. The van der Waals surface area contributed by atoms with E-state index in [9.17, 15) is 0 Å². The van der Waals surface area contributed by atoms with Crippen LogP contribution in [0.25, 0.3) is 0 Å². The second kappa shape index (κ2) is 4.86. The molecule has 0 spiro atoms. The second-order valence-electron chi connectivity index (χ2n) is 4.62. The lowest BCUT2D eigenvalue weighted by molar-refractivity contribution is 0.134. The van der Waals surface area contributed by atoms with Crippen LogP contribution in [0.4, 0.5) is 5.69 Å². The monoisotopic (exact) mass is 242 g/mol. The largest absolute Gasteiger partial charge is 0.379 e. The van der Waals surface area contributed by atoms with Crippen LogP contribution in [0.2, 0.25) is 0 Å². The van der Waals surface area contributed by atoms with Crippen LogP contribution in [0.15, 0.2) is 36.5 Å². The van der Waals surface area contributed by atoms with Gasteiger partial charge in [0.1, 0.15) is 0 Å². The maximum absolute atomic E-state index is 5.42. The third-order valence-electron chi connectivity index (χ3n) is 3.46. The van der Waals surface area contributed by atoms with Crippen molar-refractivity contribution in [1.82, 2.24) is 4.57 Å². The summed E-state index contributed by atoms with van der Waals surface area (Å²) in [6, 6.07) is 10.7. The van der Waals surface area contributed by atoms with Crippen molar-refractivity contribution in [2.75, 3.05) is 5.32 Å². The van der Waals surface area contributed by atoms with E-state index in [1.165, 1.54) is 22.5 Å². The van der Waals surface area contributed by atoms with Crippen molar-refractivity contribution in [1.29, 1.82) is 0 Å². The maximum atomic E-state index is 5.42. The molecule has 1 aromatic carbocycles. The van der Waals surface area contributed by atoms with Crippen LogP contribution in [0.3, 0.4) is 0 Å². The number of hydrogen-bond donors (Lipinski definition) is 1. The number of nitrogens with zero attached hydrogens (tertiary/aromatic N) is 1. The molecule has 1 aliphatic heterocycles. The Kier molecular flexibility index (Phi) is 3.07. The van der Waals surface area contributed by atoms with Crippen LogP contribution in [-0.4, -0.2) is 4.57 Å². The van der Waals surface area contributed by atoms with E-state index in [0.717, 1.165) is 26.3 Å². The van der Waals surface area contributed by atoms with Gasteiger partial charge in [-0.1, -0.05) is 6.07 Å². The van der Waals surface area contributed by atoms with E-state index < -0.39 is 0 Å². The molecule has 0 atom stereocenters. The molecule has 1 aromatic heterocycles. The lowest BCUT2D eigenvalue weighted by Crippen LogP contribution is -2.06. The average Bonchev–Trinajstić information content (AvgIpc) is 3.04. The Labute approximate surface area is 107 Å². The first-order valence-electron chi connectivity index (χ1n) is 6.44. The van der Waals surface area contributed by atoms with Gasteiger partial charge in [-0.3, -0.25) is 0 Å². The van der Waals surface area contributed by atoms with E-state index >= 15 is 0 Å². The molecule has 0 unspecified atom stereocenters. The van der Waals surface area contributed by atoms with Crippen molar-refractivity contribution in [2.24, 2.45) is 0 Å². The van der Waals surface area contributed by atoms with Gasteiger partial charge in [0.25, 0.3) is 0 Å². The lowest BCUT2D eigenvalue weighted by atomic mass is 10.1. The minimum Gasteiger partial charge on any atom is -0.379 e. The molecule has 1 N–H and O–H groups in total. The number of aryl methyl sites for hydroxylation is 1. The predicted octanol–water partition coefficient (Wildman–Crippen LogP) is 3.15. The summed E-state index contributed by atoms with van der Waals surface area (Å²) in [5.41, 5.74) is 5.11. The van der Waals surface area contributed by atoms with Crippen molar-refractivity contribution in [2.45, 2.75) is 33.2 Å². The molecule has 0 amide bonds. The molecule has 94 valence electrons. The van der Waals surface area contributed by atoms with Gasteiger partial charge in [-0.05, 0) is 42.3 Å². The van der Waals surface area contributed by atoms with E-state index in [0.29, 0.717) is 0 Å². The highest BCUT2D eigenvalue weighted by atomic mass is 16.5. The van der Waals surface area contributed by atoms with Crippen LogP contribution >= 0.6 is 0 Å². The highest BCUT2D eigenvalue weighted by Crippen LogP contribution is 2.23. The summed E-state index contributed by atoms with van der Waals surface area (Å²) in [6.07, 6.45) is 2.12. The Bertz CT molecular complexity index is 545. The minimum atomic E-state index is 0.746. The minimum absolute atomic E-state index is 0.746. The van der Waals surface area contributed by atoms with Gasteiger partial charge in [-0.25, -0.2) is 0 Å². The smallest absolute Gasteiger partial charge is 0.0725 e. The van der Waals surface area contributed by atoms with Gasteiger partial charge >= 0.3 is 0 Å². The summed E-state index contributed by atoms with van der Waals surface area (Å²) >= 11 is 0. The topological polar surface area (TPSA) is 26.2 Å². The number of fused-ring (bicyclic) bond motifs is 1. The fourth-order valence-corrected chi connectivity index (χ4v) is 2.39. The van der Waals surface area contributed by atoms with Crippen molar-refractivity contribution >= 4 is 5.69 Å². The van der Waals surface area contributed by atoms with E-state index in [1.54, 1.807) is 0 Å². The third kappa shape index (κ3) is 2.14. The molecule has 0 radical (unpaired) electrons. The SMILES string of the molecule is CCn1cccc1CNc1ccc2c(c1)COC2. The van der Waals surface area contributed by atoms with Gasteiger partial charge in [-0.2, -0.15) is 0 Å². The fraction of sp³-hybridized carbons (Fsp3) is 0.333. The number of aromatic nitrogens is 1. The molecule has 0 saturated heterocycles. The van der Waals surface area contributed by atoms with Crippen LogP contribution in [0, 0.1) is 0 Å². The first-order chi connectivity index (χ1) is 8.86. The summed E-state index contributed by atoms with van der Waals surface area (Å²) in [7, 11) is 0. The highest BCUT2D eigenvalue weighted by molar-refractivity contribution is 5.49. The Morgan fingerprint density at radius 1 is 1.22 bits per heavy atom. The molecular weight excluding hydrogens is 224 g/mol. The van der Waals surface area contributed by atoms with E-state index in [2.05, 4.69) is 53.3 Å². The number of nitrogens with one attached hydrogen (secondary N) is 1. The molecule has 0 bridgehead atoms. The number of benzene rings is 1. The first-order valence-corrected chi connectivity index (χ1v) is 6.44. The number of ether oxygens (including phenoxy) is 1. The van der Waals surface area contributed by atoms with Crippen molar-refractivity contribution in [3.05, 3.63) is 53.3 Å². The molecule has 18 heavy (non-hydrogen) atoms. The summed E-state index contributed by atoms with van der Waals surface area (Å²) in [5.74, 6) is 0. The van der Waals surface area contributed by atoms with Crippen molar-refractivity contribution < 1.29 is 4.74 Å². The predicted molar refractivity (Wildman–Crippen MR) is 72.4 cm³/mol. The molecule has 1 aliphatic rings. The van der Waals surface area contributed by atoms with Gasteiger partial charge in [0.15, 0.2) is 0 Å².